The van der Waals surface area contributed by atoms with E-state index in [0.717, 1.165) is 50.2 Å². The fraction of sp³-hybridized carbons (Fsp3) is 0.893. The molecule has 6 heteroatoms. The molecule has 0 aromatic carbocycles. The molecule has 1 amide bonds. The smallest absolute Gasteiger partial charge is 0.250 e. The number of hydrogen-bond acceptors (Lipinski definition) is 3. The lowest BCUT2D eigenvalue weighted by molar-refractivity contribution is -0.145. The van der Waals surface area contributed by atoms with Gasteiger partial charge in [0.05, 0.1) is 11.9 Å². The average molecular weight is 484 g/mol. The van der Waals surface area contributed by atoms with E-state index in [1.54, 1.807) is 4.90 Å². The molecular weight excluding hydrogens is 436 g/mol. The van der Waals surface area contributed by atoms with Crippen LogP contribution in [-0.2, 0) is 9.53 Å². The monoisotopic (exact) mass is 483 g/mol. The third-order valence-electron chi connectivity index (χ3n) is 8.53. The van der Waals surface area contributed by atoms with E-state index in [2.05, 4.69) is 6.58 Å². The fourth-order valence-electron chi connectivity index (χ4n) is 6.97. The highest BCUT2D eigenvalue weighted by Gasteiger charge is 2.42. The van der Waals surface area contributed by atoms with Crippen LogP contribution < -0.4 is 0 Å². The minimum absolute atomic E-state index is 0.0193. The Morgan fingerprint density at radius 3 is 2.24 bits per heavy atom. The molecule has 196 valence electrons. The second-order valence-electron chi connectivity index (χ2n) is 11.5. The van der Waals surface area contributed by atoms with Crippen molar-refractivity contribution in [1.82, 2.24) is 4.90 Å². The number of carbonyl (C=O) groups is 1. The number of halogens is 2. The fourth-order valence-corrected chi connectivity index (χ4v) is 6.97. The van der Waals surface area contributed by atoms with E-state index >= 15 is 0 Å². The van der Waals surface area contributed by atoms with Crippen molar-refractivity contribution in [3.63, 3.8) is 0 Å². The van der Waals surface area contributed by atoms with Gasteiger partial charge in [-0.05, 0) is 89.4 Å². The molecule has 0 bridgehead atoms. The standard InChI is InChI=1S/C28H47F2NO3/c1-20(2)34-21(3)17-22-10-12-24(13-11-22)23-7-4-5-8-25(15-14-23)31(27(33)19-32)26-9-6-16-28(29,30)18-26/h20,22-26,32H,3-19H2,1-2H3. The van der Waals surface area contributed by atoms with Gasteiger partial charge in [0.2, 0.25) is 11.8 Å². The summed E-state index contributed by atoms with van der Waals surface area (Å²) in [6.45, 7) is 7.59. The Kier molecular flexibility index (Phi) is 10.2. The molecule has 0 aromatic heterocycles. The summed E-state index contributed by atoms with van der Waals surface area (Å²) in [6, 6.07) is -0.461. The van der Waals surface area contributed by atoms with Crippen molar-refractivity contribution in [3.05, 3.63) is 12.3 Å². The van der Waals surface area contributed by atoms with Crippen molar-refractivity contribution in [2.45, 2.75) is 134 Å². The molecule has 3 fully saturated rings. The van der Waals surface area contributed by atoms with Crippen LogP contribution >= 0.6 is 0 Å². The highest BCUT2D eigenvalue weighted by atomic mass is 19.3. The number of aliphatic hydroxyl groups is 1. The van der Waals surface area contributed by atoms with Crippen LogP contribution in [0.2, 0.25) is 0 Å². The van der Waals surface area contributed by atoms with Crippen LogP contribution in [0.3, 0.4) is 0 Å². The van der Waals surface area contributed by atoms with Gasteiger partial charge in [-0.15, -0.1) is 0 Å². The van der Waals surface area contributed by atoms with Gasteiger partial charge in [-0.3, -0.25) is 4.79 Å². The lowest BCUT2D eigenvalue weighted by Crippen LogP contribution is -2.52. The number of aliphatic hydroxyl groups excluding tert-OH is 1. The first-order chi connectivity index (χ1) is 16.2. The molecule has 0 heterocycles. The number of amides is 1. The molecule has 3 saturated carbocycles. The van der Waals surface area contributed by atoms with Crippen molar-refractivity contribution in [2.75, 3.05) is 6.61 Å². The number of allylic oxidation sites excluding steroid dienone is 1. The molecule has 3 rings (SSSR count). The maximum absolute atomic E-state index is 14.2. The summed E-state index contributed by atoms with van der Waals surface area (Å²) in [7, 11) is 0. The minimum Gasteiger partial charge on any atom is -0.496 e. The van der Waals surface area contributed by atoms with Crippen molar-refractivity contribution < 1.29 is 23.4 Å². The maximum atomic E-state index is 14.2. The lowest BCUT2D eigenvalue weighted by atomic mass is 9.71. The van der Waals surface area contributed by atoms with E-state index in [0.29, 0.717) is 24.7 Å². The van der Waals surface area contributed by atoms with Gasteiger partial charge in [-0.25, -0.2) is 8.78 Å². The molecule has 3 unspecified atom stereocenters. The quantitative estimate of drug-likeness (QED) is 0.384. The Bertz CT molecular complexity index is 660. The second-order valence-corrected chi connectivity index (χ2v) is 11.5. The molecule has 0 spiro atoms. The van der Waals surface area contributed by atoms with Crippen LogP contribution in [0.25, 0.3) is 0 Å². The first-order valence-corrected chi connectivity index (χ1v) is 13.8. The molecule has 0 aliphatic heterocycles. The molecule has 3 aliphatic carbocycles. The molecular formula is C28H47F2NO3. The molecule has 3 atom stereocenters. The van der Waals surface area contributed by atoms with Crippen LogP contribution in [0, 0.1) is 17.8 Å². The molecule has 3 aliphatic rings. The highest BCUT2D eigenvalue weighted by molar-refractivity contribution is 5.78. The molecule has 0 aromatic rings. The van der Waals surface area contributed by atoms with Gasteiger partial charge < -0.3 is 14.7 Å². The number of ether oxygens (including phenoxy) is 1. The summed E-state index contributed by atoms with van der Waals surface area (Å²) in [5.41, 5.74) is 0. The third-order valence-corrected chi connectivity index (χ3v) is 8.53. The zero-order chi connectivity index (χ0) is 24.7. The summed E-state index contributed by atoms with van der Waals surface area (Å²) in [5, 5.41) is 9.62. The van der Waals surface area contributed by atoms with Crippen LogP contribution in [0.15, 0.2) is 12.3 Å². The summed E-state index contributed by atoms with van der Waals surface area (Å²) >= 11 is 0. The van der Waals surface area contributed by atoms with E-state index in [1.165, 1.54) is 32.1 Å². The summed E-state index contributed by atoms with van der Waals surface area (Å²) in [5.74, 6) is -0.128. The summed E-state index contributed by atoms with van der Waals surface area (Å²) in [6.07, 6.45) is 13.0. The van der Waals surface area contributed by atoms with Crippen LogP contribution in [-0.4, -0.2) is 46.6 Å². The molecule has 0 saturated heterocycles. The van der Waals surface area contributed by atoms with E-state index in [9.17, 15) is 18.7 Å². The Balaban J connectivity index is 1.56. The number of carbonyl (C=O) groups excluding carboxylic acids is 1. The number of nitrogens with zero attached hydrogens (tertiary/aromatic N) is 1. The first-order valence-electron chi connectivity index (χ1n) is 13.8. The third kappa shape index (κ3) is 7.93. The molecule has 34 heavy (non-hydrogen) atoms. The Hall–Kier alpha value is -1.17. The minimum atomic E-state index is -2.70. The molecule has 0 radical (unpaired) electrons. The van der Waals surface area contributed by atoms with E-state index in [4.69, 9.17) is 4.74 Å². The van der Waals surface area contributed by atoms with E-state index in [1.807, 2.05) is 13.8 Å². The Morgan fingerprint density at radius 1 is 0.971 bits per heavy atom. The van der Waals surface area contributed by atoms with Crippen LogP contribution in [0.4, 0.5) is 8.78 Å². The normalized spacial score (nSPS) is 32.5. The first kappa shape index (κ1) is 27.4. The van der Waals surface area contributed by atoms with Gasteiger partial charge in [-0.1, -0.05) is 25.8 Å². The lowest BCUT2D eigenvalue weighted by Gasteiger charge is -2.43. The van der Waals surface area contributed by atoms with E-state index in [-0.39, 0.29) is 30.9 Å². The van der Waals surface area contributed by atoms with Gasteiger partial charge in [0.25, 0.3) is 0 Å². The van der Waals surface area contributed by atoms with Gasteiger partial charge in [-0.2, -0.15) is 0 Å². The number of alkyl halides is 2. The zero-order valence-corrected chi connectivity index (χ0v) is 21.5. The van der Waals surface area contributed by atoms with Crippen molar-refractivity contribution in [2.24, 2.45) is 17.8 Å². The predicted octanol–water partition coefficient (Wildman–Crippen LogP) is 6.86. The van der Waals surface area contributed by atoms with Crippen LogP contribution in [0.1, 0.15) is 110 Å². The topological polar surface area (TPSA) is 49.8 Å². The van der Waals surface area contributed by atoms with Gasteiger partial charge in [0, 0.05) is 31.3 Å². The summed E-state index contributed by atoms with van der Waals surface area (Å²) in [4.78, 5) is 14.4. The Labute approximate surface area is 205 Å². The van der Waals surface area contributed by atoms with Gasteiger partial charge in [0.15, 0.2) is 0 Å². The van der Waals surface area contributed by atoms with Crippen molar-refractivity contribution in [3.8, 4) is 0 Å². The largest absolute Gasteiger partial charge is 0.496 e. The number of rotatable bonds is 8. The summed E-state index contributed by atoms with van der Waals surface area (Å²) < 4.78 is 34.1. The second kappa shape index (κ2) is 12.7. The highest BCUT2D eigenvalue weighted by Crippen LogP contribution is 2.42. The predicted molar refractivity (Wildman–Crippen MR) is 132 cm³/mol. The van der Waals surface area contributed by atoms with Crippen molar-refractivity contribution in [1.29, 1.82) is 0 Å². The van der Waals surface area contributed by atoms with Gasteiger partial charge in [0.1, 0.15) is 6.61 Å². The zero-order valence-electron chi connectivity index (χ0n) is 21.5. The van der Waals surface area contributed by atoms with Crippen molar-refractivity contribution >= 4 is 5.91 Å². The van der Waals surface area contributed by atoms with E-state index < -0.39 is 18.6 Å². The van der Waals surface area contributed by atoms with Gasteiger partial charge >= 0.3 is 0 Å². The molecule has 4 nitrogen and oxygen atoms in total. The molecule has 1 N–H and O–H groups in total. The average Bonchev–Trinajstić information content (AvgIpc) is 2.75. The Morgan fingerprint density at radius 2 is 1.59 bits per heavy atom. The maximum Gasteiger partial charge on any atom is 0.250 e. The SMILES string of the molecule is C=C(CC1CCC(C2CCCCC(N(C(=O)CO)C3CCCC(F)(F)C3)CC2)CC1)OC(C)C. The number of hydrogen-bond donors (Lipinski definition) is 1. The van der Waals surface area contributed by atoms with Crippen LogP contribution in [0.5, 0.6) is 0 Å².